The van der Waals surface area contributed by atoms with Crippen LogP contribution in [0.5, 0.6) is 5.75 Å². The minimum atomic E-state index is 0.333. The number of ether oxygens (including phenoxy) is 1. The van der Waals surface area contributed by atoms with Gasteiger partial charge in [0.2, 0.25) is 0 Å². The van der Waals surface area contributed by atoms with Crippen molar-refractivity contribution in [2.24, 2.45) is 0 Å². The summed E-state index contributed by atoms with van der Waals surface area (Å²) < 4.78 is 5.57. The molecule has 1 atom stereocenters. The summed E-state index contributed by atoms with van der Waals surface area (Å²) in [6, 6.07) is 8.52. The van der Waals surface area contributed by atoms with Gasteiger partial charge in [0.1, 0.15) is 12.4 Å². The SMILES string of the molecule is CC#CCCNC1COc2ccccc21. The van der Waals surface area contributed by atoms with Crippen molar-refractivity contribution in [3.63, 3.8) is 0 Å². The van der Waals surface area contributed by atoms with Gasteiger partial charge in [-0.1, -0.05) is 18.2 Å². The Labute approximate surface area is 90.6 Å². The zero-order valence-electron chi connectivity index (χ0n) is 8.92. The summed E-state index contributed by atoms with van der Waals surface area (Å²) in [5.74, 6) is 6.94. The molecule has 0 fully saturated rings. The fourth-order valence-corrected chi connectivity index (χ4v) is 1.77. The van der Waals surface area contributed by atoms with E-state index in [1.165, 1.54) is 5.56 Å². The molecule has 1 heterocycles. The van der Waals surface area contributed by atoms with E-state index in [4.69, 9.17) is 4.74 Å². The fourth-order valence-electron chi connectivity index (χ4n) is 1.77. The second-order valence-corrected chi connectivity index (χ2v) is 3.53. The normalized spacial score (nSPS) is 17.5. The molecule has 1 aliphatic rings. The van der Waals surface area contributed by atoms with Gasteiger partial charge in [0.15, 0.2) is 0 Å². The molecule has 0 amide bonds. The average molecular weight is 201 g/mol. The third-order valence-electron chi connectivity index (χ3n) is 2.52. The summed E-state index contributed by atoms with van der Waals surface area (Å²) >= 11 is 0. The molecule has 1 N–H and O–H groups in total. The van der Waals surface area contributed by atoms with Crippen LogP contribution in [0.25, 0.3) is 0 Å². The van der Waals surface area contributed by atoms with E-state index in [1.54, 1.807) is 0 Å². The van der Waals surface area contributed by atoms with Crippen LogP contribution in [0.1, 0.15) is 24.9 Å². The van der Waals surface area contributed by atoms with Crippen molar-refractivity contribution in [1.29, 1.82) is 0 Å². The van der Waals surface area contributed by atoms with Crippen LogP contribution in [0.2, 0.25) is 0 Å². The van der Waals surface area contributed by atoms with Gasteiger partial charge in [-0.25, -0.2) is 0 Å². The van der Waals surface area contributed by atoms with Gasteiger partial charge in [-0.2, -0.15) is 0 Å². The van der Waals surface area contributed by atoms with Crippen LogP contribution in [-0.4, -0.2) is 13.2 Å². The number of rotatable bonds is 3. The van der Waals surface area contributed by atoms with Crippen molar-refractivity contribution in [3.05, 3.63) is 29.8 Å². The molecular weight excluding hydrogens is 186 g/mol. The third kappa shape index (κ3) is 2.31. The first kappa shape index (κ1) is 10.1. The van der Waals surface area contributed by atoms with Crippen LogP contribution in [0.15, 0.2) is 24.3 Å². The summed E-state index contributed by atoms with van der Waals surface area (Å²) in [5.41, 5.74) is 1.27. The Balaban J connectivity index is 1.92. The van der Waals surface area contributed by atoms with Gasteiger partial charge in [0, 0.05) is 18.5 Å². The standard InChI is InChI=1S/C13H15NO/c1-2-3-6-9-14-12-10-15-13-8-5-4-7-11(12)13/h4-5,7-8,12,14H,6,9-10H2,1H3. The minimum Gasteiger partial charge on any atom is -0.491 e. The number of benzene rings is 1. The molecule has 78 valence electrons. The lowest BCUT2D eigenvalue weighted by atomic mass is 10.1. The molecule has 0 aliphatic carbocycles. The molecule has 0 aromatic heterocycles. The molecular formula is C13H15NO. The first-order valence-corrected chi connectivity index (χ1v) is 5.26. The van der Waals surface area contributed by atoms with Crippen molar-refractivity contribution in [2.45, 2.75) is 19.4 Å². The quantitative estimate of drug-likeness (QED) is 0.597. The number of hydrogen-bond donors (Lipinski definition) is 1. The number of para-hydroxylation sites is 1. The molecule has 0 radical (unpaired) electrons. The Hall–Kier alpha value is -1.46. The highest BCUT2D eigenvalue weighted by atomic mass is 16.5. The predicted molar refractivity (Wildman–Crippen MR) is 60.7 cm³/mol. The third-order valence-corrected chi connectivity index (χ3v) is 2.52. The largest absolute Gasteiger partial charge is 0.491 e. The molecule has 0 bridgehead atoms. The minimum absolute atomic E-state index is 0.333. The van der Waals surface area contributed by atoms with Crippen molar-refractivity contribution >= 4 is 0 Å². The van der Waals surface area contributed by atoms with Gasteiger partial charge >= 0.3 is 0 Å². The van der Waals surface area contributed by atoms with Gasteiger partial charge in [-0.15, -0.1) is 11.8 Å². The Bertz CT molecular complexity index is 389. The van der Waals surface area contributed by atoms with E-state index < -0.39 is 0 Å². The number of fused-ring (bicyclic) bond motifs is 1. The second-order valence-electron chi connectivity index (χ2n) is 3.53. The molecule has 1 aromatic carbocycles. The number of hydrogen-bond acceptors (Lipinski definition) is 2. The van der Waals surface area contributed by atoms with E-state index in [2.05, 4.69) is 23.2 Å². The molecule has 0 spiro atoms. The van der Waals surface area contributed by atoms with Gasteiger partial charge in [-0.05, 0) is 13.0 Å². The molecule has 15 heavy (non-hydrogen) atoms. The van der Waals surface area contributed by atoms with E-state index in [-0.39, 0.29) is 0 Å². The van der Waals surface area contributed by atoms with Gasteiger partial charge < -0.3 is 10.1 Å². The van der Waals surface area contributed by atoms with E-state index in [0.717, 1.165) is 25.3 Å². The van der Waals surface area contributed by atoms with Crippen LogP contribution in [0, 0.1) is 11.8 Å². The monoisotopic (exact) mass is 201 g/mol. The zero-order valence-corrected chi connectivity index (χ0v) is 8.92. The summed E-state index contributed by atoms with van der Waals surface area (Å²) in [4.78, 5) is 0. The first-order valence-electron chi connectivity index (χ1n) is 5.26. The van der Waals surface area contributed by atoms with Crippen LogP contribution >= 0.6 is 0 Å². The average Bonchev–Trinajstić information content (AvgIpc) is 2.68. The summed E-state index contributed by atoms with van der Waals surface area (Å²) in [6.07, 6.45) is 0.898. The Morgan fingerprint density at radius 1 is 1.47 bits per heavy atom. The predicted octanol–water partition coefficient (Wildman–Crippen LogP) is 2.12. The van der Waals surface area contributed by atoms with Gasteiger partial charge in [0.05, 0.1) is 6.04 Å². The molecule has 0 saturated heterocycles. The maximum atomic E-state index is 5.57. The van der Waals surface area contributed by atoms with E-state index in [0.29, 0.717) is 6.04 Å². The molecule has 0 saturated carbocycles. The lowest BCUT2D eigenvalue weighted by Crippen LogP contribution is -2.23. The van der Waals surface area contributed by atoms with Crippen molar-refractivity contribution in [3.8, 4) is 17.6 Å². The van der Waals surface area contributed by atoms with Crippen molar-refractivity contribution in [1.82, 2.24) is 5.32 Å². The highest BCUT2D eigenvalue weighted by Gasteiger charge is 2.22. The molecule has 2 nitrogen and oxygen atoms in total. The van der Waals surface area contributed by atoms with Crippen LogP contribution in [-0.2, 0) is 0 Å². The van der Waals surface area contributed by atoms with Crippen LogP contribution in [0.3, 0.4) is 0 Å². The maximum Gasteiger partial charge on any atom is 0.124 e. The highest BCUT2D eigenvalue weighted by Crippen LogP contribution is 2.31. The molecule has 2 rings (SSSR count). The first-order chi connectivity index (χ1) is 7.42. The van der Waals surface area contributed by atoms with Gasteiger partial charge in [-0.3, -0.25) is 0 Å². The Morgan fingerprint density at radius 2 is 2.33 bits per heavy atom. The zero-order chi connectivity index (χ0) is 10.5. The van der Waals surface area contributed by atoms with E-state index in [9.17, 15) is 0 Å². The van der Waals surface area contributed by atoms with E-state index >= 15 is 0 Å². The molecule has 2 heteroatoms. The summed E-state index contributed by atoms with van der Waals surface area (Å²) in [7, 11) is 0. The summed E-state index contributed by atoms with van der Waals surface area (Å²) in [5, 5.41) is 3.45. The van der Waals surface area contributed by atoms with Crippen LogP contribution < -0.4 is 10.1 Å². The molecule has 1 aromatic rings. The maximum absolute atomic E-state index is 5.57. The summed E-state index contributed by atoms with van der Waals surface area (Å²) in [6.45, 7) is 3.52. The molecule has 1 aliphatic heterocycles. The van der Waals surface area contributed by atoms with Gasteiger partial charge in [0.25, 0.3) is 0 Å². The number of nitrogens with one attached hydrogen (secondary N) is 1. The lowest BCUT2D eigenvalue weighted by Gasteiger charge is -2.09. The van der Waals surface area contributed by atoms with Crippen LogP contribution in [0.4, 0.5) is 0 Å². The topological polar surface area (TPSA) is 21.3 Å². The van der Waals surface area contributed by atoms with Crippen molar-refractivity contribution in [2.75, 3.05) is 13.2 Å². The smallest absolute Gasteiger partial charge is 0.124 e. The molecule has 1 unspecified atom stereocenters. The van der Waals surface area contributed by atoms with E-state index in [1.807, 2.05) is 25.1 Å². The highest BCUT2D eigenvalue weighted by molar-refractivity contribution is 5.39. The lowest BCUT2D eigenvalue weighted by molar-refractivity contribution is 0.312. The fraction of sp³-hybridized carbons (Fsp3) is 0.385. The Morgan fingerprint density at radius 3 is 3.20 bits per heavy atom. The Kier molecular flexibility index (Phi) is 3.26. The second kappa shape index (κ2) is 4.86. The van der Waals surface area contributed by atoms with Crippen molar-refractivity contribution < 1.29 is 4.74 Å².